The van der Waals surface area contributed by atoms with Gasteiger partial charge in [-0.25, -0.2) is 12.8 Å². The van der Waals surface area contributed by atoms with E-state index in [0.29, 0.717) is 6.42 Å². The maximum Gasteiger partial charge on any atom is 0.246 e. The van der Waals surface area contributed by atoms with E-state index in [0.717, 1.165) is 16.8 Å². The Balaban J connectivity index is 3.28. The minimum Gasteiger partial charge on any atom is -0.399 e. The van der Waals surface area contributed by atoms with Crippen LogP contribution in [-0.2, 0) is 10.0 Å². The van der Waals surface area contributed by atoms with E-state index in [4.69, 9.17) is 17.3 Å². The molecule has 1 atom stereocenters. The van der Waals surface area contributed by atoms with Crippen molar-refractivity contribution < 1.29 is 12.8 Å². The highest BCUT2D eigenvalue weighted by Gasteiger charge is 2.29. The lowest BCUT2D eigenvalue weighted by atomic mass is 10.2. The maximum absolute atomic E-state index is 13.9. The van der Waals surface area contributed by atoms with Gasteiger partial charge in [0.2, 0.25) is 10.0 Å². The molecule has 19 heavy (non-hydrogen) atoms. The van der Waals surface area contributed by atoms with Crippen LogP contribution in [0.25, 0.3) is 0 Å². The van der Waals surface area contributed by atoms with Gasteiger partial charge in [0.1, 0.15) is 4.90 Å². The summed E-state index contributed by atoms with van der Waals surface area (Å²) in [6.45, 7) is 3.72. The van der Waals surface area contributed by atoms with Crippen molar-refractivity contribution in [2.45, 2.75) is 37.6 Å². The zero-order valence-corrected chi connectivity index (χ0v) is 12.7. The van der Waals surface area contributed by atoms with Crippen LogP contribution < -0.4 is 5.73 Å². The predicted molar refractivity (Wildman–Crippen MR) is 75.1 cm³/mol. The molecule has 0 saturated heterocycles. The molecule has 1 unspecified atom stereocenters. The first-order valence-corrected chi connectivity index (χ1v) is 7.76. The molecular weight excluding hydrogens is 291 g/mol. The summed E-state index contributed by atoms with van der Waals surface area (Å²) in [6, 6.07) is 2.05. The fourth-order valence-corrected chi connectivity index (χ4v) is 3.56. The Morgan fingerprint density at radius 1 is 1.47 bits per heavy atom. The highest BCUT2D eigenvalue weighted by molar-refractivity contribution is 7.89. The van der Waals surface area contributed by atoms with Crippen LogP contribution in [0.4, 0.5) is 10.1 Å². The highest BCUT2D eigenvalue weighted by Crippen LogP contribution is 2.28. The number of halogens is 2. The number of nitrogen functional groups attached to an aromatic ring is 1. The van der Waals surface area contributed by atoms with Crippen molar-refractivity contribution in [2.75, 3.05) is 12.8 Å². The molecule has 1 aromatic rings. The molecule has 0 spiro atoms. The normalized spacial score (nSPS) is 13.8. The number of nitrogens with two attached hydrogens (primary N) is 1. The quantitative estimate of drug-likeness (QED) is 0.851. The summed E-state index contributed by atoms with van der Waals surface area (Å²) in [4.78, 5) is -0.483. The fraction of sp³-hybridized carbons (Fsp3) is 0.500. The molecule has 108 valence electrons. The first-order chi connectivity index (χ1) is 8.71. The molecule has 7 heteroatoms. The third-order valence-electron chi connectivity index (χ3n) is 3.00. The molecule has 4 nitrogen and oxygen atoms in total. The van der Waals surface area contributed by atoms with Gasteiger partial charge in [-0.05, 0) is 25.5 Å². The summed E-state index contributed by atoms with van der Waals surface area (Å²) in [5, 5.41) is -0.296. The van der Waals surface area contributed by atoms with Crippen molar-refractivity contribution in [2.24, 2.45) is 0 Å². The lowest BCUT2D eigenvalue weighted by Gasteiger charge is -2.24. The van der Waals surface area contributed by atoms with Crippen LogP contribution in [0.3, 0.4) is 0 Å². The van der Waals surface area contributed by atoms with Crippen molar-refractivity contribution >= 4 is 27.3 Å². The summed E-state index contributed by atoms with van der Waals surface area (Å²) in [7, 11) is -2.52. The van der Waals surface area contributed by atoms with E-state index in [1.165, 1.54) is 13.1 Å². The monoisotopic (exact) mass is 308 g/mol. The second-order valence-corrected chi connectivity index (χ2v) is 6.85. The van der Waals surface area contributed by atoms with Crippen LogP contribution in [-0.4, -0.2) is 25.8 Å². The van der Waals surface area contributed by atoms with Crippen molar-refractivity contribution in [3.63, 3.8) is 0 Å². The number of benzene rings is 1. The van der Waals surface area contributed by atoms with E-state index in [1.54, 1.807) is 6.92 Å². The molecule has 0 aliphatic heterocycles. The Labute approximate surface area is 118 Å². The Morgan fingerprint density at radius 3 is 2.58 bits per heavy atom. The smallest absolute Gasteiger partial charge is 0.246 e. The van der Waals surface area contributed by atoms with Gasteiger partial charge in [-0.15, -0.1) is 0 Å². The molecular formula is C12H18ClFN2O2S. The van der Waals surface area contributed by atoms with Gasteiger partial charge in [-0.2, -0.15) is 4.31 Å². The molecule has 0 aromatic heterocycles. The molecule has 0 radical (unpaired) electrons. The average Bonchev–Trinajstić information content (AvgIpc) is 2.32. The van der Waals surface area contributed by atoms with Gasteiger partial charge in [0.15, 0.2) is 5.82 Å². The van der Waals surface area contributed by atoms with E-state index >= 15 is 0 Å². The van der Waals surface area contributed by atoms with Crippen LogP contribution in [0.2, 0.25) is 5.02 Å². The second kappa shape index (κ2) is 6.07. The van der Waals surface area contributed by atoms with Gasteiger partial charge in [0, 0.05) is 18.8 Å². The first kappa shape index (κ1) is 16.2. The molecule has 0 saturated carbocycles. The van der Waals surface area contributed by atoms with Gasteiger partial charge in [0.25, 0.3) is 0 Å². The number of hydrogen-bond donors (Lipinski definition) is 1. The Morgan fingerprint density at radius 2 is 2.05 bits per heavy atom. The lowest BCUT2D eigenvalue weighted by molar-refractivity contribution is 0.366. The lowest BCUT2D eigenvalue weighted by Crippen LogP contribution is -2.35. The maximum atomic E-state index is 13.9. The van der Waals surface area contributed by atoms with Crippen LogP contribution in [0, 0.1) is 5.82 Å². The Hall–Kier alpha value is -0.850. The van der Waals surface area contributed by atoms with E-state index < -0.39 is 20.7 Å². The number of anilines is 1. The van der Waals surface area contributed by atoms with Crippen LogP contribution >= 0.6 is 11.6 Å². The third kappa shape index (κ3) is 3.38. The van der Waals surface area contributed by atoms with Crippen molar-refractivity contribution in [1.29, 1.82) is 0 Å². The molecule has 2 N–H and O–H groups in total. The Bertz CT molecular complexity index is 563. The molecule has 0 bridgehead atoms. The predicted octanol–water partition coefficient (Wildman–Crippen LogP) is 2.87. The molecule has 0 aliphatic rings. The van der Waals surface area contributed by atoms with E-state index in [1.807, 2.05) is 6.92 Å². The van der Waals surface area contributed by atoms with Crippen LogP contribution in [0.5, 0.6) is 0 Å². The molecule has 1 aromatic carbocycles. The van der Waals surface area contributed by atoms with E-state index in [2.05, 4.69) is 0 Å². The summed E-state index contributed by atoms with van der Waals surface area (Å²) < 4.78 is 39.7. The van der Waals surface area contributed by atoms with Crippen molar-refractivity contribution in [1.82, 2.24) is 4.31 Å². The molecule has 0 heterocycles. The zero-order chi connectivity index (χ0) is 14.8. The average molecular weight is 309 g/mol. The van der Waals surface area contributed by atoms with Crippen LogP contribution in [0.1, 0.15) is 26.7 Å². The summed E-state index contributed by atoms with van der Waals surface area (Å²) in [6.07, 6.45) is 1.52. The molecule has 0 amide bonds. The van der Waals surface area contributed by atoms with Crippen molar-refractivity contribution in [3.8, 4) is 0 Å². The van der Waals surface area contributed by atoms with E-state index in [9.17, 15) is 12.8 Å². The van der Waals surface area contributed by atoms with Crippen molar-refractivity contribution in [3.05, 3.63) is 23.0 Å². The number of nitrogens with zero attached hydrogens (tertiary/aromatic N) is 1. The minimum absolute atomic E-state index is 0.113. The van der Waals surface area contributed by atoms with E-state index in [-0.39, 0.29) is 16.8 Å². The minimum atomic E-state index is -3.94. The third-order valence-corrected chi connectivity index (χ3v) is 5.25. The number of rotatable bonds is 5. The second-order valence-electron chi connectivity index (χ2n) is 4.47. The SMILES string of the molecule is CCCC(C)N(C)S(=O)(=O)c1cc(N)cc(Cl)c1F. The zero-order valence-electron chi connectivity index (χ0n) is 11.2. The van der Waals surface area contributed by atoms with Crippen LogP contribution in [0.15, 0.2) is 17.0 Å². The number of sulfonamides is 1. The van der Waals surface area contributed by atoms with Gasteiger partial charge in [-0.1, -0.05) is 24.9 Å². The Kier molecular flexibility index (Phi) is 5.18. The molecule has 1 rings (SSSR count). The summed E-state index contributed by atoms with van der Waals surface area (Å²) in [5.41, 5.74) is 5.64. The topological polar surface area (TPSA) is 63.4 Å². The number of hydrogen-bond acceptors (Lipinski definition) is 3. The summed E-state index contributed by atoms with van der Waals surface area (Å²) >= 11 is 5.63. The van der Waals surface area contributed by atoms with Gasteiger partial charge in [0.05, 0.1) is 5.02 Å². The van der Waals surface area contributed by atoms with Gasteiger partial charge >= 0.3 is 0 Å². The molecule has 0 aliphatic carbocycles. The largest absolute Gasteiger partial charge is 0.399 e. The van der Waals surface area contributed by atoms with Gasteiger partial charge in [-0.3, -0.25) is 0 Å². The highest BCUT2D eigenvalue weighted by atomic mass is 35.5. The molecule has 0 fully saturated rings. The van der Waals surface area contributed by atoms with Gasteiger partial charge < -0.3 is 5.73 Å². The summed E-state index contributed by atoms with van der Waals surface area (Å²) in [5.74, 6) is -0.966. The fourth-order valence-electron chi connectivity index (χ4n) is 1.76. The first-order valence-electron chi connectivity index (χ1n) is 5.94. The standard InChI is InChI=1S/C12H18ClFN2O2S/c1-4-5-8(2)16(3)19(17,18)11-7-9(15)6-10(13)12(11)14/h6-8H,4-5,15H2,1-3H3.